The summed E-state index contributed by atoms with van der Waals surface area (Å²) in [5, 5.41) is 2.97. The van der Waals surface area contributed by atoms with Gasteiger partial charge < -0.3 is 14.8 Å². The zero-order valence-electron chi connectivity index (χ0n) is 13.6. The monoisotopic (exact) mass is 326 g/mol. The number of carbonyl (C=O) groups excluding carboxylic acids is 1. The van der Waals surface area contributed by atoms with E-state index in [4.69, 9.17) is 9.47 Å². The minimum atomic E-state index is -0.0939. The molecule has 3 rings (SSSR count). The lowest BCUT2D eigenvalue weighted by molar-refractivity contribution is 0.0642. The van der Waals surface area contributed by atoms with Gasteiger partial charge in [0.15, 0.2) is 0 Å². The molecule has 0 aliphatic carbocycles. The van der Waals surface area contributed by atoms with Crippen LogP contribution in [0, 0.1) is 5.92 Å². The third-order valence-electron chi connectivity index (χ3n) is 4.12. The number of hydrogen-bond donors (Lipinski definition) is 1. The van der Waals surface area contributed by atoms with E-state index in [1.165, 1.54) is 0 Å². The zero-order chi connectivity index (χ0) is 16.6. The van der Waals surface area contributed by atoms with Crippen LogP contribution in [0.5, 0.6) is 5.88 Å². The molecule has 2 heterocycles. The maximum absolute atomic E-state index is 12.2. The smallest absolute Gasteiger partial charge is 0.252 e. The number of benzene rings is 1. The number of aromatic nitrogens is 1. The number of nitrogens with zero attached hydrogens (tertiary/aromatic N) is 1. The van der Waals surface area contributed by atoms with E-state index in [2.05, 4.69) is 10.3 Å². The van der Waals surface area contributed by atoms with Crippen LogP contribution in [-0.2, 0) is 11.3 Å². The van der Waals surface area contributed by atoms with Crippen molar-refractivity contribution in [3.63, 3.8) is 0 Å². The summed E-state index contributed by atoms with van der Waals surface area (Å²) in [5.74, 6) is 0.924. The predicted octanol–water partition coefficient (Wildman–Crippen LogP) is 2.82. The van der Waals surface area contributed by atoms with Crippen molar-refractivity contribution in [1.82, 2.24) is 10.3 Å². The summed E-state index contributed by atoms with van der Waals surface area (Å²) in [5.41, 5.74) is 1.63. The third kappa shape index (κ3) is 4.80. The Hall–Kier alpha value is -2.40. The molecule has 1 aliphatic heterocycles. The van der Waals surface area contributed by atoms with E-state index in [-0.39, 0.29) is 5.91 Å². The maximum atomic E-state index is 12.2. The number of rotatable bonds is 6. The molecule has 0 radical (unpaired) electrons. The van der Waals surface area contributed by atoms with Crippen molar-refractivity contribution < 1.29 is 14.3 Å². The van der Waals surface area contributed by atoms with Crippen LogP contribution in [0.1, 0.15) is 28.8 Å². The second-order valence-corrected chi connectivity index (χ2v) is 5.93. The molecular weight excluding hydrogens is 304 g/mol. The summed E-state index contributed by atoms with van der Waals surface area (Å²) in [6.45, 7) is 2.72. The van der Waals surface area contributed by atoms with Gasteiger partial charge >= 0.3 is 0 Å². The van der Waals surface area contributed by atoms with Crippen molar-refractivity contribution in [2.45, 2.75) is 19.4 Å². The number of ether oxygens (including phenoxy) is 2. The lowest BCUT2D eigenvalue weighted by Gasteiger charge is -2.22. The van der Waals surface area contributed by atoms with Crippen LogP contribution in [0.25, 0.3) is 0 Å². The van der Waals surface area contributed by atoms with Gasteiger partial charge in [-0.25, -0.2) is 4.98 Å². The van der Waals surface area contributed by atoms with Gasteiger partial charge in [0.1, 0.15) is 6.61 Å². The Labute approximate surface area is 142 Å². The molecular formula is C19H22N2O3. The van der Waals surface area contributed by atoms with Crippen molar-refractivity contribution in [3.05, 3.63) is 59.8 Å². The molecule has 24 heavy (non-hydrogen) atoms. The second kappa shape index (κ2) is 8.45. The molecule has 1 N–H and O–H groups in total. The largest absolute Gasteiger partial charge is 0.473 e. The predicted molar refractivity (Wildman–Crippen MR) is 90.9 cm³/mol. The fourth-order valence-corrected chi connectivity index (χ4v) is 2.62. The summed E-state index contributed by atoms with van der Waals surface area (Å²) in [6, 6.07) is 13.4. The zero-order valence-corrected chi connectivity index (χ0v) is 13.6. The summed E-state index contributed by atoms with van der Waals surface area (Å²) < 4.78 is 10.9. The summed E-state index contributed by atoms with van der Waals surface area (Å²) >= 11 is 0. The Balaban J connectivity index is 1.47. The molecule has 5 nitrogen and oxygen atoms in total. The van der Waals surface area contributed by atoms with Gasteiger partial charge in [-0.15, -0.1) is 0 Å². The first-order valence-corrected chi connectivity index (χ1v) is 8.30. The molecule has 0 saturated carbocycles. The van der Waals surface area contributed by atoms with Crippen LogP contribution in [-0.4, -0.2) is 30.6 Å². The highest BCUT2D eigenvalue weighted by Crippen LogP contribution is 2.14. The van der Waals surface area contributed by atoms with Crippen LogP contribution < -0.4 is 10.1 Å². The van der Waals surface area contributed by atoms with Gasteiger partial charge in [0.25, 0.3) is 5.91 Å². The molecule has 1 saturated heterocycles. The van der Waals surface area contributed by atoms with Gasteiger partial charge in [-0.3, -0.25) is 4.79 Å². The molecule has 0 spiro atoms. The molecule has 0 bridgehead atoms. The van der Waals surface area contributed by atoms with E-state index >= 15 is 0 Å². The SMILES string of the molecule is O=C(NCC1CCOCC1)c1ccc(OCc2ccccc2)nc1. The molecule has 126 valence electrons. The summed E-state index contributed by atoms with van der Waals surface area (Å²) in [6.07, 6.45) is 3.56. The summed E-state index contributed by atoms with van der Waals surface area (Å²) in [4.78, 5) is 16.4. The Morgan fingerprint density at radius 2 is 1.96 bits per heavy atom. The van der Waals surface area contributed by atoms with Gasteiger partial charge in [-0.2, -0.15) is 0 Å². The Bertz CT molecular complexity index is 637. The molecule has 1 aliphatic rings. The van der Waals surface area contributed by atoms with E-state index in [0.717, 1.165) is 31.6 Å². The minimum absolute atomic E-state index is 0.0939. The molecule has 1 aromatic carbocycles. The average molecular weight is 326 g/mol. The van der Waals surface area contributed by atoms with E-state index < -0.39 is 0 Å². The van der Waals surface area contributed by atoms with E-state index in [1.807, 2.05) is 30.3 Å². The van der Waals surface area contributed by atoms with Crippen LogP contribution in [0.4, 0.5) is 0 Å². The van der Waals surface area contributed by atoms with Gasteiger partial charge in [0, 0.05) is 32.0 Å². The topological polar surface area (TPSA) is 60.5 Å². The van der Waals surface area contributed by atoms with Gasteiger partial charge in [0.05, 0.1) is 5.56 Å². The van der Waals surface area contributed by atoms with Crippen LogP contribution in [0.15, 0.2) is 48.7 Å². The second-order valence-electron chi connectivity index (χ2n) is 5.93. The molecule has 1 fully saturated rings. The lowest BCUT2D eigenvalue weighted by Crippen LogP contribution is -2.32. The molecule has 2 aromatic rings. The number of nitrogens with one attached hydrogen (secondary N) is 1. The Morgan fingerprint density at radius 3 is 2.67 bits per heavy atom. The lowest BCUT2D eigenvalue weighted by atomic mass is 10.0. The molecule has 0 unspecified atom stereocenters. The minimum Gasteiger partial charge on any atom is -0.473 e. The highest BCUT2D eigenvalue weighted by Gasteiger charge is 2.15. The van der Waals surface area contributed by atoms with E-state index in [1.54, 1.807) is 18.3 Å². The van der Waals surface area contributed by atoms with Crippen LogP contribution >= 0.6 is 0 Å². The van der Waals surface area contributed by atoms with Crippen LogP contribution in [0.2, 0.25) is 0 Å². The van der Waals surface area contributed by atoms with Crippen molar-refractivity contribution >= 4 is 5.91 Å². The van der Waals surface area contributed by atoms with Crippen molar-refractivity contribution in [2.24, 2.45) is 5.92 Å². The van der Waals surface area contributed by atoms with Gasteiger partial charge in [0.2, 0.25) is 5.88 Å². The van der Waals surface area contributed by atoms with Crippen molar-refractivity contribution in [1.29, 1.82) is 0 Å². The van der Waals surface area contributed by atoms with E-state index in [0.29, 0.717) is 30.5 Å². The maximum Gasteiger partial charge on any atom is 0.252 e. The molecule has 1 amide bonds. The normalized spacial score (nSPS) is 15.0. The van der Waals surface area contributed by atoms with Crippen molar-refractivity contribution in [3.8, 4) is 5.88 Å². The summed E-state index contributed by atoms with van der Waals surface area (Å²) in [7, 11) is 0. The average Bonchev–Trinajstić information content (AvgIpc) is 2.66. The fraction of sp³-hybridized carbons (Fsp3) is 0.368. The van der Waals surface area contributed by atoms with Gasteiger partial charge in [-0.05, 0) is 30.4 Å². The highest BCUT2D eigenvalue weighted by molar-refractivity contribution is 5.93. The Kier molecular flexibility index (Phi) is 5.80. The van der Waals surface area contributed by atoms with Gasteiger partial charge in [-0.1, -0.05) is 30.3 Å². The molecule has 0 atom stereocenters. The quantitative estimate of drug-likeness (QED) is 0.887. The first kappa shape index (κ1) is 16.5. The Morgan fingerprint density at radius 1 is 1.17 bits per heavy atom. The molecule has 5 heteroatoms. The number of amides is 1. The fourth-order valence-electron chi connectivity index (χ4n) is 2.62. The number of hydrogen-bond acceptors (Lipinski definition) is 4. The third-order valence-corrected chi connectivity index (χ3v) is 4.12. The standard InChI is InChI=1S/C19H22N2O3/c22-19(21-12-15-8-10-23-11-9-15)17-6-7-18(20-13-17)24-14-16-4-2-1-3-5-16/h1-7,13,15H,8-12,14H2,(H,21,22). The van der Waals surface area contributed by atoms with Crippen LogP contribution in [0.3, 0.4) is 0 Å². The van der Waals surface area contributed by atoms with Crippen molar-refractivity contribution in [2.75, 3.05) is 19.8 Å². The first-order chi connectivity index (χ1) is 11.8. The molecule has 1 aromatic heterocycles. The number of carbonyl (C=O) groups is 1. The van der Waals surface area contributed by atoms with E-state index in [9.17, 15) is 4.79 Å². The number of pyridine rings is 1. The highest BCUT2D eigenvalue weighted by atomic mass is 16.5. The first-order valence-electron chi connectivity index (χ1n) is 8.30.